The van der Waals surface area contributed by atoms with Crippen LogP contribution in [0.3, 0.4) is 0 Å². The van der Waals surface area contributed by atoms with Gasteiger partial charge in [0.05, 0.1) is 17.3 Å². The summed E-state index contributed by atoms with van der Waals surface area (Å²) in [6.45, 7) is 1.06. The Hall–Kier alpha value is -2.88. The first-order valence-corrected chi connectivity index (χ1v) is 11.7. The van der Waals surface area contributed by atoms with Gasteiger partial charge in [0.15, 0.2) is 18.0 Å². The van der Waals surface area contributed by atoms with Crippen LogP contribution in [0.1, 0.15) is 55.4 Å². The zero-order valence-corrected chi connectivity index (χ0v) is 18.4. The van der Waals surface area contributed by atoms with E-state index in [-0.39, 0.29) is 30.4 Å². The molecule has 5 rings (SSSR count). The molecule has 1 atom stereocenters. The van der Waals surface area contributed by atoms with Gasteiger partial charge in [0.25, 0.3) is 0 Å². The highest BCUT2D eigenvalue weighted by Crippen LogP contribution is 2.29. The van der Waals surface area contributed by atoms with E-state index < -0.39 is 5.69 Å². The van der Waals surface area contributed by atoms with E-state index in [1.54, 1.807) is 34.0 Å². The van der Waals surface area contributed by atoms with E-state index in [1.807, 2.05) is 6.07 Å². The summed E-state index contributed by atoms with van der Waals surface area (Å²) < 4.78 is 16.0. The van der Waals surface area contributed by atoms with Crippen molar-refractivity contribution in [2.75, 3.05) is 13.1 Å². The number of nitrogens with one attached hydrogen (secondary N) is 1. The number of carbonyl (C=O) groups is 1. The van der Waals surface area contributed by atoms with Gasteiger partial charge in [-0.05, 0) is 55.9 Å². The third-order valence-electron chi connectivity index (χ3n) is 6.53. The number of fused-ring (bicyclic) bond motifs is 2. The highest BCUT2D eigenvalue weighted by atomic mass is 32.2. The molecule has 2 amide bonds. The van der Waals surface area contributed by atoms with E-state index in [0.717, 1.165) is 35.3 Å². The molecule has 4 heterocycles. The van der Waals surface area contributed by atoms with Crippen molar-refractivity contribution in [1.82, 2.24) is 28.7 Å². The minimum absolute atomic E-state index is 0.0767. The van der Waals surface area contributed by atoms with Crippen molar-refractivity contribution >= 4 is 29.5 Å². The lowest BCUT2D eigenvalue weighted by molar-refractivity contribution is 0.167. The molecule has 3 aromatic rings. The number of amides is 2. The summed E-state index contributed by atoms with van der Waals surface area (Å²) in [7, 11) is 0. The molecule has 32 heavy (non-hydrogen) atoms. The van der Waals surface area contributed by atoms with Gasteiger partial charge in [-0.3, -0.25) is 9.55 Å². The molecular formula is C22H25FN6O2S. The molecule has 168 valence electrons. The molecule has 1 unspecified atom stereocenters. The van der Waals surface area contributed by atoms with E-state index in [2.05, 4.69) is 21.4 Å². The highest BCUT2D eigenvalue weighted by Gasteiger charge is 2.30. The Kier molecular flexibility index (Phi) is 5.86. The van der Waals surface area contributed by atoms with E-state index in [0.29, 0.717) is 37.1 Å². The molecule has 0 bridgehead atoms. The Labute approximate surface area is 189 Å². The minimum Gasteiger partial charge on any atom is -0.330 e. The molecular weight excluding hydrogens is 431 g/mol. The third kappa shape index (κ3) is 3.76. The topological polar surface area (TPSA) is 85.0 Å². The van der Waals surface area contributed by atoms with Crippen LogP contribution in [-0.4, -0.2) is 42.5 Å². The normalized spacial score (nSPS) is 19.5. The van der Waals surface area contributed by atoms with Gasteiger partial charge >= 0.3 is 11.7 Å². The number of halogens is 1. The van der Waals surface area contributed by atoms with Crippen LogP contribution in [-0.2, 0) is 6.42 Å². The summed E-state index contributed by atoms with van der Waals surface area (Å²) in [5.41, 5.74) is 2.71. The van der Waals surface area contributed by atoms with Gasteiger partial charge in [0.1, 0.15) is 0 Å². The lowest BCUT2D eigenvalue weighted by Crippen LogP contribution is -2.46. The predicted molar refractivity (Wildman–Crippen MR) is 121 cm³/mol. The van der Waals surface area contributed by atoms with Crippen LogP contribution in [0.2, 0.25) is 0 Å². The largest absolute Gasteiger partial charge is 0.342 e. The molecule has 2 aliphatic rings. The van der Waals surface area contributed by atoms with Crippen LogP contribution in [0.5, 0.6) is 0 Å². The number of aryl methyl sites for hydroxylation is 1. The average molecular weight is 457 g/mol. The fourth-order valence-electron chi connectivity index (χ4n) is 4.92. The van der Waals surface area contributed by atoms with Crippen molar-refractivity contribution in [3.05, 3.63) is 58.4 Å². The molecule has 0 spiro atoms. The van der Waals surface area contributed by atoms with Gasteiger partial charge in [-0.2, -0.15) is 3.97 Å². The molecule has 3 aromatic heterocycles. The van der Waals surface area contributed by atoms with E-state index in [4.69, 9.17) is 0 Å². The van der Waals surface area contributed by atoms with Crippen molar-refractivity contribution in [2.45, 2.75) is 50.6 Å². The summed E-state index contributed by atoms with van der Waals surface area (Å²) in [4.78, 5) is 36.3. The van der Waals surface area contributed by atoms with E-state index in [9.17, 15) is 13.5 Å². The van der Waals surface area contributed by atoms with Crippen molar-refractivity contribution in [3.8, 4) is 0 Å². The first-order valence-electron chi connectivity index (χ1n) is 11.0. The lowest BCUT2D eigenvalue weighted by Gasteiger charge is -2.33. The van der Waals surface area contributed by atoms with E-state index >= 15 is 0 Å². The van der Waals surface area contributed by atoms with Gasteiger partial charge in [0, 0.05) is 31.5 Å². The summed E-state index contributed by atoms with van der Waals surface area (Å²) in [6.07, 6.45) is 8.61. The maximum atomic E-state index is 13.4. The SMILES string of the molecule is O=C(NC1CCCCc2cccnc21)N1CCC(n2c(=O)n(SF)c3ncccc32)CC1. The van der Waals surface area contributed by atoms with Crippen LogP contribution in [0.4, 0.5) is 8.68 Å². The fourth-order valence-corrected chi connectivity index (χ4v) is 5.28. The lowest BCUT2D eigenvalue weighted by atomic mass is 10.0. The Morgan fingerprint density at radius 1 is 1.09 bits per heavy atom. The molecule has 1 aliphatic heterocycles. The second-order valence-electron chi connectivity index (χ2n) is 8.38. The molecule has 1 fully saturated rings. The van der Waals surface area contributed by atoms with Crippen LogP contribution >= 0.6 is 12.3 Å². The standard InChI is InChI=1S/C22H25FN6O2S/c23-32-29-20-18(8-4-12-25-20)28(22(29)31)16-9-13-27(14-10-16)21(30)26-17-7-2-1-5-15-6-3-11-24-19(15)17/h3-4,6,8,11-12,16-17H,1-2,5,7,9-10,13-14H2,(H,26,30). The maximum Gasteiger partial charge on any atom is 0.342 e. The summed E-state index contributed by atoms with van der Waals surface area (Å²) >= 11 is -0.129. The van der Waals surface area contributed by atoms with Gasteiger partial charge < -0.3 is 10.2 Å². The zero-order chi connectivity index (χ0) is 22.1. The molecule has 0 saturated carbocycles. The van der Waals surface area contributed by atoms with Gasteiger partial charge in [0.2, 0.25) is 0 Å². The van der Waals surface area contributed by atoms with Crippen molar-refractivity contribution in [2.24, 2.45) is 0 Å². The summed E-state index contributed by atoms with van der Waals surface area (Å²) in [5.74, 6) is 0. The molecule has 1 aliphatic carbocycles. The second kappa shape index (κ2) is 8.93. The molecule has 0 aromatic carbocycles. The molecule has 10 heteroatoms. The Morgan fingerprint density at radius 2 is 1.88 bits per heavy atom. The number of imidazole rings is 1. The van der Waals surface area contributed by atoms with Crippen LogP contribution in [0.25, 0.3) is 11.2 Å². The van der Waals surface area contributed by atoms with Gasteiger partial charge in [-0.25, -0.2) is 14.6 Å². The highest BCUT2D eigenvalue weighted by molar-refractivity contribution is 7.92. The van der Waals surface area contributed by atoms with Crippen molar-refractivity contribution in [1.29, 1.82) is 0 Å². The van der Waals surface area contributed by atoms with Crippen LogP contribution < -0.4 is 11.0 Å². The van der Waals surface area contributed by atoms with Gasteiger partial charge in [-0.1, -0.05) is 12.5 Å². The summed E-state index contributed by atoms with van der Waals surface area (Å²) in [5, 5.41) is 3.18. The third-order valence-corrected chi connectivity index (χ3v) is 6.99. The number of urea groups is 1. The molecule has 1 saturated heterocycles. The number of hydrogen-bond acceptors (Lipinski definition) is 5. The number of likely N-dealkylation sites (tertiary alicyclic amines) is 1. The number of piperidine rings is 1. The number of pyridine rings is 2. The molecule has 1 N–H and O–H groups in total. The van der Waals surface area contributed by atoms with Crippen molar-refractivity contribution < 1.29 is 8.68 Å². The number of nitrogens with zero attached hydrogens (tertiary/aromatic N) is 5. The molecule has 0 radical (unpaired) electrons. The first-order chi connectivity index (χ1) is 15.7. The van der Waals surface area contributed by atoms with Crippen LogP contribution in [0.15, 0.2) is 41.5 Å². The minimum atomic E-state index is -0.421. The average Bonchev–Trinajstić information content (AvgIpc) is 2.96. The summed E-state index contributed by atoms with van der Waals surface area (Å²) in [6, 6.07) is 7.29. The Morgan fingerprint density at radius 3 is 2.69 bits per heavy atom. The van der Waals surface area contributed by atoms with Gasteiger partial charge in [-0.15, -0.1) is 3.89 Å². The molecule has 8 nitrogen and oxygen atoms in total. The second-order valence-corrected chi connectivity index (χ2v) is 8.88. The van der Waals surface area contributed by atoms with Crippen molar-refractivity contribution in [3.63, 3.8) is 0 Å². The number of rotatable bonds is 3. The zero-order valence-electron chi connectivity index (χ0n) is 17.6. The maximum absolute atomic E-state index is 13.4. The Balaban J connectivity index is 1.29. The number of aromatic nitrogens is 4. The Bertz CT molecular complexity index is 1190. The monoisotopic (exact) mass is 456 g/mol. The quantitative estimate of drug-likeness (QED) is 0.606. The van der Waals surface area contributed by atoms with Crippen LogP contribution in [0, 0.1) is 0 Å². The predicted octanol–water partition coefficient (Wildman–Crippen LogP) is 3.79. The van der Waals surface area contributed by atoms with E-state index in [1.165, 1.54) is 5.56 Å². The first kappa shape index (κ1) is 21.0. The number of carbonyl (C=O) groups excluding carboxylic acids is 1. The smallest absolute Gasteiger partial charge is 0.330 e. The number of hydrogen-bond donors (Lipinski definition) is 1. The fraction of sp³-hybridized carbons (Fsp3) is 0.455.